The van der Waals surface area contributed by atoms with Crippen LogP contribution in [0.4, 0.5) is 0 Å². The highest BCUT2D eigenvalue weighted by Gasteiger charge is 2.19. The number of carbonyl (C=O) groups excluding carboxylic acids is 1. The molecule has 4 aromatic rings. The van der Waals surface area contributed by atoms with Gasteiger partial charge in [-0.25, -0.2) is 0 Å². The highest BCUT2D eigenvalue weighted by Crippen LogP contribution is 2.29. The number of aryl methyl sites for hydroxylation is 1. The second kappa shape index (κ2) is 8.19. The summed E-state index contributed by atoms with van der Waals surface area (Å²) < 4.78 is 7.67. The van der Waals surface area contributed by atoms with Crippen LogP contribution in [0.15, 0.2) is 77.3 Å². The van der Waals surface area contributed by atoms with Crippen molar-refractivity contribution in [3.8, 4) is 22.7 Å². The summed E-state index contributed by atoms with van der Waals surface area (Å²) in [5.74, 6) is 0.258. The topological polar surface area (TPSA) is 74.1 Å². The zero-order valence-electron chi connectivity index (χ0n) is 16.3. The molecule has 0 bridgehead atoms. The summed E-state index contributed by atoms with van der Waals surface area (Å²) in [6.07, 6.45) is 1.89. The van der Waals surface area contributed by atoms with E-state index in [1.807, 2.05) is 67.6 Å². The van der Waals surface area contributed by atoms with Crippen LogP contribution >= 0.6 is 0 Å². The van der Waals surface area contributed by atoms with Gasteiger partial charge in [-0.1, -0.05) is 65.8 Å². The average Bonchev–Trinajstić information content (AvgIpc) is 3.35. The first-order chi connectivity index (χ1) is 14.1. The zero-order chi connectivity index (χ0) is 20.2. The summed E-state index contributed by atoms with van der Waals surface area (Å²) in [6, 6.07) is 23.9. The van der Waals surface area contributed by atoms with Gasteiger partial charge in [0.05, 0.1) is 11.3 Å². The fraction of sp³-hybridized carbons (Fsp3) is 0.167. The molecule has 0 spiro atoms. The van der Waals surface area contributed by atoms with Crippen molar-refractivity contribution in [1.82, 2.24) is 9.72 Å². The molecular weight excluding hydrogens is 362 g/mol. The van der Waals surface area contributed by atoms with Crippen LogP contribution in [0.2, 0.25) is 0 Å². The standard InChI is InChI=1S/C24H23N3O2/c1-17-20(24(25)28)15-22(27(17)14-8-11-18-9-4-2-5-10-18)21-16-23(29-26-21)19-12-6-3-7-13-19/h2-7,9-10,12-13,15-16H,8,11,14H2,1H3,(H2,25,28). The predicted octanol–water partition coefficient (Wildman–Crippen LogP) is 4.85. The molecule has 5 nitrogen and oxygen atoms in total. The smallest absolute Gasteiger partial charge is 0.250 e. The predicted molar refractivity (Wildman–Crippen MR) is 113 cm³/mol. The molecule has 0 saturated carbocycles. The molecule has 0 atom stereocenters. The first-order valence-corrected chi connectivity index (χ1v) is 9.70. The Balaban J connectivity index is 1.63. The number of rotatable bonds is 7. The average molecular weight is 385 g/mol. The number of amides is 1. The van der Waals surface area contributed by atoms with Gasteiger partial charge in [0.15, 0.2) is 5.76 Å². The van der Waals surface area contributed by atoms with Gasteiger partial charge >= 0.3 is 0 Å². The highest BCUT2D eigenvalue weighted by molar-refractivity contribution is 5.95. The normalized spacial score (nSPS) is 10.9. The Labute approximate surface area is 169 Å². The van der Waals surface area contributed by atoms with Crippen molar-refractivity contribution in [2.24, 2.45) is 5.73 Å². The molecule has 2 aromatic carbocycles. The SMILES string of the molecule is Cc1c(C(N)=O)cc(-c2cc(-c3ccccc3)on2)n1CCCc1ccccc1. The quantitative estimate of drug-likeness (QED) is 0.494. The summed E-state index contributed by atoms with van der Waals surface area (Å²) in [5, 5.41) is 4.26. The molecule has 0 aliphatic carbocycles. The van der Waals surface area contributed by atoms with Crippen molar-refractivity contribution >= 4 is 5.91 Å². The first-order valence-electron chi connectivity index (χ1n) is 9.70. The van der Waals surface area contributed by atoms with Gasteiger partial charge in [-0.05, 0) is 31.4 Å². The van der Waals surface area contributed by atoms with Crippen LogP contribution in [0.25, 0.3) is 22.7 Å². The Bertz CT molecular complexity index is 1110. The lowest BCUT2D eigenvalue weighted by Crippen LogP contribution is -2.12. The number of nitrogens with zero attached hydrogens (tertiary/aromatic N) is 2. The summed E-state index contributed by atoms with van der Waals surface area (Å²) in [4.78, 5) is 11.9. The molecule has 1 amide bonds. The maximum atomic E-state index is 11.9. The van der Waals surface area contributed by atoms with E-state index in [1.165, 1.54) is 5.56 Å². The maximum Gasteiger partial charge on any atom is 0.250 e. The van der Waals surface area contributed by atoms with Gasteiger partial charge in [0.2, 0.25) is 0 Å². The van der Waals surface area contributed by atoms with E-state index in [4.69, 9.17) is 10.3 Å². The largest absolute Gasteiger partial charge is 0.366 e. The van der Waals surface area contributed by atoms with Gasteiger partial charge in [-0.2, -0.15) is 0 Å². The zero-order valence-corrected chi connectivity index (χ0v) is 16.3. The van der Waals surface area contributed by atoms with Crippen LogP contribution < -0.4 is 5.73 Å². The molecular formula is C24H23N3O2. The van der Waals surface area contributed by atoms with E-state index in [1.54, 1.807) is 0 Å². The van der Waals surface area contributed by atoms with Gasteiger partial charge in [0.1, 0.15) is 5.69 Å². The third kappa shape index (κ3) is 3.99. The number of hydrogen-bond acceptors (Lipinski definition) is 3. The number of hydrogen-bond donors (Lipinski definition) is 1. The minimum Gasteiger partial charge on any atom is -0.366 e. The number of aromatic nitrogens is 2. The molecule has 0 radical (unpaired) electrons. The molecule has 0 unspecified atom stereocenters. The molecule has 0 aliphatic rings. The monoisotopic (exact) mass is 385 g/mol. The number of nitrogens with two attached hydrogens (primary N) is 1. The van der Waals surface area contributed by atoms with Gasteiger partial charge < -0.3 is 14.8 Å². The van der Waals surface area contributed by atoms with Crippen LogP contribution in [0.5, 0.6) is 0 Å². The molecule has 146 valence electrons. The molecule has 29 heavy (non-hydrogen) atoms. The molecule has 2 N–H and O–H groups in total. The van der Waals surface area contributed by atoms with Crippen molar-refractivity contribution in [3.05, 3.63) is 89.6 Å². The summed E-state index contributed by atoms with van der Waals surface area (Å²) in [5.41, 5.74) is 10.8. The van der Waals surface area contributed by atoms with E-state index in [9.17, 15) is 4.79 Å². The van der Waals surface area contributed by atoms with Crippen LogP contribution in [0.1, 0.15) is 28.0 Å². The fourth-order valence-corrected chi connectivity index (χ4v) is 3.62. The summed E-state index contributed by atoms with van der Waals surface area (Å²) in [7, 11) is 0. The number of carbonyl (C=O) groups is 1. The third-order valence-electron chi connectivity index (χ3n) is 5.15. The molecule has 0 fully saturated rings. The van der Waals surface area contributed by atoms with E-state index in [-0.39, 0.29) is 0 Å². The molecule has 2 heterocycles. The van der Waals surface area contributed by atoms with Gasteiger partial charge in [0.25, 0.3) is 5.91 Å². The van der Waals surface area contributed by atoms with Crippen LogP contribution in [-0.2, 0) is 13.0 Å². The molecule has 2 aromatic heterocycles. The van der Waals surface area contributed by atoms with Gasteiger partial charge in [0, 0.05) is 23.9 Å². The van der Waals surface area contributed by atoms with E-state index < -0.39 is 5.91 Å². The van der Waals surface area contributed by atoms with E-state index in [2.05, 4.69) is 21.9 Å². The Morgan fingerprint density at radius 1 is 1.03 bits per heavy atom. The Kier molecular flexibility index (Phi) is 5.29. The minimum atomic E-state index is -0.433. The van der Waals surface area contributed by atoms with Crippen molar-refractivity contribution in [3.63, 3.8) is 0 Å². The Hall–Kier alpha value is -3.60. The molecule has 5 heteroatoms. The number of benzene rings is 2. The Morgan fingerprint density at radius 2 is 1.72 bits per heavy atom. The van der Waals surface area contributed by atoms with Crippen molar-refractivity contribution in [1.29, 1.82) is 0 Å². The summed E-state index contributed by atoms with van der Waals surface area (Å²) >= 11 is 0. The third-order valence-corrected chi connectivity index (χ3v) is 5.15. The van der Waals surface area contributed by atoms with E-state index >= 15 is 0 Å². The number of primary amides is 1. The van der Waals surface area contributed by atoms with Crippen LogP contribution in [0.3, 0.4) is 0 Å². The molecule has 4 rings (SSSR count). The van der Waals surface area contributed by atoms with Crippen LogP contribution in [-0.4, -0.2) is 15.6 Å². The summed E-state index contributed by atoms with van der Waals surface area (Å²) in [6.45, 7) is 2.68. The van der Waals surface area contributed by atoms with Gasteiger partial charge in [-0.15, -0.1) is 0 Å². The lowest BCUT2D eigenvalue weighted by Gasteiger charge is -2.10. The molecule has 0 saturated heterocycles. The minimum absolute atomic E-state index is 0.433. The van der Waals surface area contributed by atoms with Crippen molar-refractivity contribution < 1.29 is 9.32 Å². The highest BCUT2D eigenvalue weighted by atomic mass is 16.5. The Morgan fingerprint density at radius 3 is 2.41 bits per heavy atom. The van der Waals surface area contributed by atoms with Crippen molar-refractivity contribution in [2.75, 3.05) is 0 Å². The van der Waals surface area contributed by atoms with E-state index in [0.29, 0.717) is 17.0 Å². The second-order valence-electron chi connectivity index (χ2n) is 7.08. The van der Waals surface area contributed by atoms with Crippen molar-refractivity contribution in [2.45, 2.75) is 26.3 Å². The lowest BCUT2D eigenvalue weighted by atomic mass is 10.1. The van der Waals surface area contributed by atoms with E-state index in [0.717, 1.165) is 36.3 Å². The molecule has 0 aliphatic heterocycles. The second-order valence-corrected chi connectivity index (χ2v) is 7.08. The lowest BCUT2D eigenvalue weighted by molar-refractivity contribution is 0.0999. The van der Waals surface area contributed by atoms with Crippen LogP contribution in [0, 0.1) is 6.92 Å². The fourth-order valence-electron chi connectivity index (χ4n) is 3.62. The maximum absolute atomic E-state index is 11.9. The van der Waals surface area contributed by atoms with Gasteiger partial charge in [-0.3, -0.25) is 4.79 Å². The first kappa shape index (κ1) is 18.7.